The molecule has 4 aromatic rings. The summed E-state index contributed by atoms with van der Waals surface area (Å²) in [6, 6.07) is 24.2. The summed E-state index contributed by atoms with van der Waals surface area (Å²) < 4.78 is 7.01. The van der Waals surface area contributed by atoms with Crippen molar-refractivity contribution >= 4 is 23.2 Å². The van der Waals surface area contributed by atoms with Crippen LogP contribution in [0.15, 0.2) is 85.1 Å². The molecule has 0 radical (unpaired) electrons. The maximum Gasteiger partial charge on any atom is 0.273 e. The maximum atomic E-state index is 13.0. The third-order valence-corrected chi connectivity index (χ3v) is 4.70. The first-order chi connectivity index (χ1) is 14.6. The Labute approximate surface area is 179 Å². The van der Waals surface area contributed by atoms with E-state index in [1.807, 2.05) is 60.7 Å². The summed E-state index contributed by atoms with van der Waals surface area (Å²) in [6.45, 7) is 0. The lowest BCUT2D eigenvalue weighted by Gasteiger charge is -2.09. The molecule has 1 aromatic heterocycles. The second-order valence-corrected chi connectivity index (χ2v) is 6.93. The molecule has 3 aromatic carbocycles. The smallest absolute Gasteiger partial charge is 0.273 e. The van der Waals surface area contributed by atoms with Crippen molar-refractivity contribution in [3.63, 3.8) is 0 Å². The summed E-state index contributed by atoms with van der Waals surface area (Å²) in [4.78, 5) is 13.0. The van der Waals surface area contributed by atoms with Gasteiger partial charge >= 0.3 is 0 Å². The number of hydrazine groups is 1. The summed E-state index contributed by atoms with van der Waals surface area (Å²) in [5, 5.41) is 5.24. The summed E-state index contributed by atoms with van der Waals surface area (Å²) in [7, 11) is 1.60. The van der Waals surface area contributed by atoms with Gasteiger partial charge in [0.05, 0.1) is 24.0 Å². The molecular formula is C23H19ClN4O2. The third-order valence-electron chi connectivity index (χ3n) is 4.47. The zero-order valence-corrected chi connectivity index (χ0v) is 16.9. The molecule has 7 heteroatoms. The molecular weight excluding hydrogens is 400 g/mol. The number of amides is 1. The number of nitrogens with zero attached hydrogens (tertiary/aromatic N) is 2. The van der Waals surface area contributed by atoms with Gasteiger partial charge in [-0.1, -0.05) is 48.0 Å². The number of halogens is 1. The van der Waals surface area contributed by atoms with Crippen LogP contribution >= 0.6 is 11.6 Å². The molecule has 1 amide bonds. The number of methoxy groups -OCH3 is 1. The van der Waals surface area contributed by atoms with E-state index >= 15 is 0 Å². The van der Waals surface area contributed by atoms with E-state index in [2.05, 4.69) is 16.0 Å². The molecule has 0 bridgehead atoms. The lowest BCUT2D eigenvalue weighted by Crippen LogP contribution is -2.29. The fourth-order valence-corrected chi connectivity index (χ4v) is 3.19. The minimum atomic E-state index is -0.324. The Balaban J connectivity index is 1.69. The van der Waals surface area contributed by atoms with Crippen molar-refractivity contribution in [3.05, 3.63) is 95.6 Å². The van der Waals surface area contributed by atoms with Gasteiger partial charge in [0.15, 0.2) is 0 Å². The SMILES string of the molecule is COc1cccc(-c2nn(-c3ccccc3)cc2C(=O)NNc2cccc(Cl)c2)c1. The number of carbonyl (C=O) groups is 1. The number of ether oxygens (including phenoxy) is 1. The van der Waals surface area contributed by atoms with Crippen LogP contribution in [0.3, 0.4) is 0 Å². The van der Waals surface area contributed by atoms with Gasteiger partial charge in [-0.3, -0.25) is 15.6 Å². The summed E-state index contributed by atoms with van der Waals surface area (Å²) in [5.41, 5.74) is 8.87. The number of aromatic nitrogens is 2. The Kier molecular flexibility index (Phi) is 5.68. The van der Waals surface area contributed by atoms with Gasteiger partial charge in [0.2, 0.25) is 0 Å². The molecule has 2 N–H and O–H groups in total. The first kappa shape index (κ1) is 19.5. The van der Waals surface area contributed by atoms with Gasteiger partial charge < -0.3 is 4.74 Å². The van der Waals surface area contributed by atoms with Crippen molar-refractivity contribution in [1.29, 1.82) is 0 Å². The summed E-state index contributed by atoms with van der Waals surface area (Å²) in [6.07, 6.45) is 1.71. The molecule has 1 heterocycles. The Morgan fingerprint density at radius 1 is 1.00 bits per heavy atom. The first-order valence-electron chi connectivity index (χ1n) is 9.25. The van der Waals surface area contributed by atoms with Crippen molar-refractivity contribution in [2.45, 2.75) is 0 Å². The predicted molar refractivity (Wildman–Crippen MR) is 118 cm³/mol. The molecule has 0 saturated carbocycles. The van der Waals surface area contributed by atoms with E-state index in [9.17, 15) is 4.79 Å². The standard InChI is InChI=1S/C23H19ClN4O2/c1-30-20-12-5-7-16(13-20)22-21(15-28(27-22)19-10-3-2-4-11-19)23(29)26-25-18-9-6-8-17(24)14-18/h2-15,25H,1H3,(H,26,29). The van der Waals surface area contributed by atoms with Crippen molar-refractivity contribution in [2.75, 3.05) is 12.5 Å². The topological polar surface area (TPSA) is 68.2 Å². The second-order valence-electron chi connectivity index (χ2n) is 6.49. The molecule has 150 valence electrons. The maximum absolute atomic E-state index is 13.0. The molecule has 4 rings (SSSR count). The number of hydrogen-bond acceptors (Lipinski definition) is 4. The van der Waals surface area contributed by atoms with Gasteiger partial charge in [0.1, 0.15) is 11.4 Å². The fourth-order valence-electron chi connectivity index (χ4n) is 3.00. The zero-order chi connectivity index (χ0) is 20.9. The highest BCUT2D eigenvalue weighted by Crippen LogP contribution is 2.27. The predicted octanol–water partition coefficient (Wildman–Crippen LogP) is 4.96. The minimum Gasteiger partial charge on any atom is -0.497 e. The van der Waals surface area contributed by atoms with E-state index in [0.29, 0.717) is 27.7 Å². The van der Waals surface area contributed by atoms with Crippen LogP contribution in [0.25, 0.3) is 16.9 Å². The van der Waals surface area contributed by atoms with Crippen LogP contribution < -0.4 is 15.6 Å². The van der Waals surface area contributed by atoms with Crippen LogP contribution in [0.2, 0.25) is 5.02 Å². The summed E-state index contributed by atoms with van der Waals surface area (Å²) >= 11 is 6.00. The Bertz CT molecular complexity index is 1170. The lowest BCUT2D eigenvalue weighted by atomic mass is 10.1. The third kappa shape index (κ3) is 4.29. The van der Waals surface area contributed by atoms with Crippen molar-refractivity contribution < 1.29 is 9.53 Å². The summed E-state index contributed by atoms with van der Waals surface area (Å²) in [5.74, 6) is 0.361. The van der Waals surface area contributed by atoms with Gasteiger partial charge in [-0.05, 0) is 42.5 Å². The van der Waals surface area contributed by atoms with Crippen LogP contribution in [0.1, 0.15) is 10.4 Å². The zero-order valence-electron chi connectivity index (χ0n) is 16.2. The van der Waals surface area contributed by atoms with E-state index in [4.69, 9.17) is 16.3 Å². The Morgan fingerprint density at radius 2 is 1.80 bits per heavy atom. The van der Waals surface area contributed by atoms with Crippen LogP contribution in [-0.2, 0) is 0 Å². The van der Waals surface area contributed by atoms with Gasteiger partial charge in [0, 0.05) is 16.8 Å². The van der Waals surface area contributed by atoms with Gasteiger partial charge in [-0.2, -0.15) is 5.10 Å². The highest BCUT2D eigenvalue weighted by molar-refractivity contribution is 6.30. The van der Waals surface area contributed by atoms with Crippen LogP contribution in [0.4, 0.5) is 5.69 Å². The monoisotopic (exact) mass is 418 g/mol. The van der Waals surface area contributed by atoms with Crippen LogP contribution in [-0.4, -0.2) is 22.8 Å². The molecule has 0 aliphatic rings. The molecule has 0 aliphatic heterocycles. The van der Waals surface area contributed by atoms with Gasteiger partial charge in [-0.25, -0.2) is 4.68 Å². The van der Waals surface area contributed by atoms with Crippen LogP contribution in [0.5, 0.6) is 5.75 Å². The number of rotatable bonds is 6. The number of hydrogen-bond donors (Lipinski definition) is 2. The highest BCUT2D eigenvalue weighted by Gasteiger charge is 2.19. The number of anilines is 1. The quantitative estimate of drug-likeness (QED) is 0.434. The van der Waals surface area contributed by atoms with E-state index in [1.165, 1.54) is 0 Å². The Hall–Kier alpha value is -3.77. The average Bonchev–Trinajstić information content (AvgIpc) is 3.24. The van der Waals surface area contributed by atoms with Gasteiger partial charge in [-0.15, -0.1) is 0 Å². The van der Waals surface area contributed by atoms with E-state index in [-0.39, 0.29) is 5.91 Å². The number of para-hydroxylation sites is 1. The van der Waals surface area contributed by atoms with Crippen molar-refractivity contribution in [2.24, 2.45) is 0 Å². The molecule has 0 spiro atoms. The number of benzene rings is 3. The molecule has 0 saturated heterocycles. The molecule has 0 aliphatic carbocycles. The van der Waals surface area contributed by atoms with E-state index in [1.54, 1.807) is 36.2 Å². The second kappa shape index (κ2) is 8.71. The number of carbonyl (C=O) groups excluding carboxylic acids is 1. The normalized spacial score (nSPS) is 10.5. The highest BCUT2D eigenvalue weighted by atomic mass is 35.5. The van der Waals surface area contributed by atoms with Crippen LogP contribution in [0, 0.1) is 0 Å². The average molecular weight is 419 g/mol. The van der Waals surface area contributed by atoms with E-state index in [0.717, 1.165) is 11.3 Å². The molecule has 0 fully saturated rings. The minimum absolute atomic E-state index is 0.324. The number of nitrogens with one attached hydrogen (secondary N) is 2. The first-order valence-corrected chi connectivity index (χ1v) is 9.63. The van der Waals surface area contributed by atoms with Crippen molar-refractivity contribution in [3.8, 4) is 22.7 Å². The Morgan fingerprint density at radius 3 is 2.57 bits per heavy atom. The van der Waals surface area contributed by atoms with E-state index < -0.39 is 0 Å². The largest absolute Gasteiger partial charge is 0.497 e. The molecule has 0 unspecified atom stereocenters. The van der Waals surface area contributed by atoms with Gasteiger partial charge in [0.25, 0.3) is 5.91 Å². The lowest BCUT2D eigenvalue weighted by molar-refractivity contribution is 0.0963. The van der Waals surface area contributed by atoms with Crippen molar-refractivity contribution in [1.82, 2.24) is 15.2 Å². The molecule has 0 atom stereocenters. The molecule has 30 heavy (non-hydrogen) atoms. The fraction of sp³-hybridized carbons (Fsp3) is 0.0435. The molecule has 6 nitrogen and oxygen atoms in total.